The van der Waals surface area contributed by atoms with E-state index >= 15 is 0 Å². The molecule has 0 spiro atoms. The van der Waals surface area contributed by atoms with Gasteiger partial charge in [0, 0.05) is 19.3 Å². The molecule has 0 bridgehead atoms. The molecular weight excluding hydrogens is 492 g/mol. The quantitative estimate of drug-likeness (QED) is 0.0774. The van der Waals surface area contributed by atoms with Crippen molar-refractivity contribution in [3.63, 3.8) is 0 Å². The minimum absolute atomic E-state index is 0.103. The van der Waals surface area contributed by atoms with Crippen molar-refractivity contribution in [2.45, 2.75) is 168 Å². The van der Waals surface area contributed by atoms with Crippen molar-refractivity contribution in [3.8, 4) is 0 Å². The summed E-state index contributed by atoms with van der Waals surface area (Å²) in [7, 11) is 0. The number of Topliss-reactive ketones (excluding diaryl/α,β-unsaturated/α-hetero) is 3. The molecule has 0 aromatic rings. The predicted molar refractivity (Wildman–Crippen MR) is 160 cm³/mol. The van der Waals surface area contributed by atoms with E-state index in [4.69, 9.17) is 0 Å². The molecule has 6 heteroatoms. The van der Waals surface area contributed by atoms with Crippen LogP contribution in [0.5, 0.6) is 0 Å². The van der Waals surface area contributed by atoms with Gasteiger partial charge in [0.25, 0.3) is 0 Å². The summed E-state index contributed by atoms with van der Waals surface area (Å²) in [6.45, 7) is 11.3. The van der Waals surface area contributed by atoms with E-state index in [1.54, 1.807) is 0 Å². The first-order valence-electron chi connectivity index (χ1n) is 16.1. The first kappa shape index (κ1) is 37.9. The van der Waals surface area contributed by atoms with Crippen LogP contribution in [0.3, 0.4) is 0 Å². The Hall–Kier alpha value is -1.11. The smallest absolute Gasteiger partial charge is 0.219 e. The lowest BCUT2D eigenvalue weighted by Gasteiger charge is -2.39. The highest BCUT2D eigenvalue weighted by molar-refractivity contribution is 6.16. The average molecular weight is 555 g/mol. The van der Waals surface area contributed by atoms with Crippen LogP contribution < -0.4 is 0 Å². The zero-order valence-corrected chi connectivity index (χ0v) is 26.2. The molecule has 0 aliphatic carbocycles. The van der Waals surface area contributed by atoms with Crippen molar-refractivity contribution in [2.75, 3.05) is 6.61 Å². The summed E-state index contributed by atoms with van der Waals surface area (Å²) in [6, 6.07) is 0. The van der Waals surface area contributed by atoms with Crippen LogP contribution in [0.15, 0.2) is 0 Å². The molecule has 0 rings (SSSR count). The Kier molecular flexibility index (Phi) is 20.1. The summed E-state index contributed by atoms with van der Waals surface area (Å²) in [5.41, 5.74) is -5.77. The lowest BCUT2D eigenvalue weighted by Crippen LogP contribution is -2.69. The molecule has 0 radical (unpaired) electrons. The van der Waals surface area contributed by atoms with Gasteiger partial charge >= 0.3 is 0 Å². The summed E-state index contributed by atoms with van der Waals surface area (Å²) < 4.78 is 0. The number of hydrogen-bond acceptors (Lipinski definition) is 6. The van der Waals surface area contributed by atoms with Gasteiger partial charge in [0.05, 0.1) is 6.61 Å². The topological polar surface area (TPSA) is 112 Å². The molecule has 4 unspecified atom stereocenters. The molecule has 0 heterocycles. The zero-order chi connectivity index (χ0) is 29.9. The lowest BCUT2D eigenvalue weighted by molar-refractivity contribution is -0.194. The third-order valence-corrected chi connectivity index (χ3v) is 8.59. The van der Waals surface area contributed by atoms with Crippen LogP contribution in [0.4, 0.5) is 0 Å². The molecule has 0 aliphatic heterocycles. The van der Waals surface area contributed by atoms with Crippen molar-refractivity contribution in [1.82, 2.24) is 0 Å². The zero-order valence-electron chi connectivity index (χ0n) is 26.2. The van der Waals surface area contributed by atoms with Crippen LogP contribution in [-0.2, 0) is 14.4 Å². The van der Waals surface area contributed by atoms with E-state index in [1.165, 1.54) is 0 Å². The molecule has 6 nitrogen and oxygen atoms in total. The third kappa shape index (κ3) is 12.9. The van der Waals surface area contributed by atoms with Gasteiger partial charge < -0.3 is 15.3 Å². The number of carbonyl (C=O) groups excluding carboxylic acids is 3. The minimum Gasteiger partial charge on any atom is -0.393 e. The van der Waals surface area contributed by atoms with Crippen molar-refractivity contribution in [3.05, 3.63) is 0 Å². The second kappa shape index (κ2) is 20.7. The highest BCUT2D eigenvalue weighted by Gasteiger charge is 2.62. The van der Waals surface area contributed by atoms with Gasteiger partial charge in [-0.1, -0.05) is 119 Å². The Morgan fingerprint density at radius 2 is 0.846 bits per heavy atom. The molecule has 0 aromatic carbocycles. The first-order valence-corrected chi connectivity index (χ1v) is 16.1. The fraction of sp³-hybridized carbons (Fsp3) is 0.909. The van der Waals surface area contributed by atoms with Gasteiger partial charge in [-0.25, -0.2) is 0 Å². The highest BCUT2D eigenvalue weighted by atomic mass is 16.4. The van der Waals surface area contributed by atoms with E-state index in [2.05, 4.69) is 20.8 Å². The maximum Gasteiger partial charge on any atom is 0.219 e. The Morgan fingerprint density at radius 1 is 0.538 bits per heavy atom. The molecule has 39 heavy (non-hydrogen) atoms. The molecule has 0 saturated heterocycles. The predicted octanol–water partition coefficient (Wildman–Crippen LogP) is 7.14. The van der Waals surface area contributed by atoms with Crippen LogP contribution in [-0.4, -0.2) is 50.5 Å². The normalized spacial score (nSPS) is 17.2. The van der Waals surface area contributed by atoms with E-state index in [0.717, 1.165) is 77.0 Å². The standard InChI is InChI=1S/C33H62O6/c1-7-10-13-16-26(4)19-22-29(35)32(38,25-34)33(39,30(36)23-20-27(5)17-14-11-8-2)31(37)24-21-28(6)18-15-12-9-3/h26-28,34,38-39H,7-25H2,1-6H3. The summed E-state index contributed by atoms with van der Waals surface area (Å²) in [5.74, 6) is -1.90. The molecule has 230 valence electrons. The van der Waals surface area contributed by atoms with Gasteiger partial charge in [0.15, 0.2) is 23.0 Å². The number of aliphatic hydroxyl groups is 3. The molecule has 4 atom stereocenters. The highest BCUT2D eigenvalue weighted by Crippen LogP contribution is 2.33. The van der Waals surface area contributed by atoms with E-state index in [9.17, 15) is 29.7 Å². The van der Waals surface area contributed by atoms with Gasteiger partial charge in [-0.15, -0.1) is 0 Å². The molecule has 0 aliphatic rings. The van der Waals surface area contributed by atoms with Crippen LogP contribution in [0.1, 0.15) is 157 Å². The monoisotopic (exact) mass is 554 g/mol. The average Bonchev–Trinajstić information content (AvgIpc) is 2.92. The Balaban J connectivity index is 5.74. The van der Waals surface area contributed by atoms with Gasteiger partial charge in [0.2, 0.25) is 5.60 Å². The van der Waals surface area contributed by atoms with E-state index in [1.807, 2.05) is 20.8 Å². The fourth-order valence-corrected chi connectivity index (χ4v) is 5.38. The maximum absolute atomic E-state index is 13.5. The molecule has 0 fully saturated rings. The van der Waals surface area contributed by atoms with Crippen molar-refractivity contribution >= 4 is 17.3 Å². The number of unbranched alkanes of at least 4 members (excludes halogenated alkanes) is 6. The molecule has 0 saturated carbocycles. The van der Waals surface area contributed by atoms with E-state index in [0.29, 0.717) is 19.3 Å². The summed E-state index contributed by atoms with van der Waals surface area (Å²) in [4.78, 5) is 40.4. The minimum atomic E-state index is -2.93. The molecule has 0 aromatic heterocycles. The van der Waals surface area contributed by atoms with Crippen LogP contribution >= 0.6 is 0 Å². The Labute approximate surface area is 239 Å². The second-order valence-corrected chi connectivity index (χ2v) is 12.4. The molecule has 3 N–H and O–H groups in total. The largest absolute Gasteiger partial charge is 0.393 e. The van der Waals surface area contributed by atoms with Gasteiger partial charge in [-0.2, -0.15) is 0 Å². The summed E-state index contributed by atoms with van der Waals surface area (Å²) in [6.07, 6.45) is 13.6. The lowest BCUT2D eigenvalue weighted by atomic mass is 9.70. The van der Waals surface area contributed by atoms with Crippen molar-refractivity contribution in [2.24, 2.45) is 17.8 Å². The number of hydrogen-bond donors (Lipinski definition) is 3. The fourth-order valence-electron chi connectivity index (χ4n) is 5.38. The van der Waals surface area contributed by atoms with Gasteiger partial charge in [0.1, 0.15) is 0 Å². The number of ketones is 3. The summed E-state index contributed by atoms with van der Waals surface area (Å²) >= 11 is 0. The van der Waals surface area contributed by atoms with E-state index in [-0.39, 0.29) is 37.0 Å². The number of rotatable bonds is 26. The molecular formula is C33H62O6. The van der Waals surface area contributed by atoms with Crippen LogP contribution in [0.25, 0.3) is 0 Å². The van der Waals surface area contributed by atoms with Gasteiger partial charge in [-0.05, 0) is 37.0 Å². The maximum atomic E-state index is 13.5. The van der Waals surface area contributed by atoms with Crippen LogP contribution in [0.2, 0.25) is 0 Å². The Bertz CT molecular complexity index is 658. The van der Waals surface area contributed by atoms with E-state index < -0.39 is 35.2 Å². The second-order valence-electron chi connectivity index (χ2n) is 12.4. The van der Waals surface area contributed by atoms with Gasteiger partial charge in [-0.3, -0.25) is 14.4 Å². The summed E-state index contributed by atoms with van der Waals surface area (Å²) in [5, 5.41) is 33.4. The SMILES string of the molecule is CCCCCC(C)CCC(=O)C(O)(CO)C(O)(C(=O)CCC(C)CCCCC)C(=O)CCC(C)CCCCC. The Morgan fingerprint density at radius 3 is 1.13 bits per heavy atom. The van der Waals surface area contributed by atoms with Crippen molar-refractivity contribution < 1.29 is 29.7 Å². The number of aliphatic hydroxyl groups excluding tert-OH is 1. The van der Waals surface area contributed by atoms with Crippen molar-refractivity contribution in [1.29, 1.82) is 0 Å². The van der Waals surface area contributed by atoms with Crippen LogP contribution in [0, 0.1) is 17.8 Å². The third-order valence-electron chi connectivity index (χ3n) is 8.59. The molecule has 0 amide bonds. The number of carbonyl (C=O) groups is 3. The first-order chi connectivity index (χ1) is 18.4.